The summed E-state index contributed by atoms with van der Waals surface area (Å²) in [5.41, 5.74) is 6.32. The van der Waals surface area contributed by atoms with E-state index in [1.54, 1.807) is 0 Å². The first-order valence-corrected chi connectivity index (χ1v) is 7.14. The molecule has 1 aromatic carbocycles. The molecule has 0 aliphatic rings. The monoisotopic (exact) mass is 272 g/mol. The van der Waals surface area contributed by atoms with Gasteiger partial charge < -0.3 is 14.6 Å². The van der Waals surface area contributed by atoms with Crippen molar-refractivity contribution in [2.75, 3.05) is 11.9 Å². The second kappa shape index (κ2) is 6.62. The second-order valence-electron chi connectivity index (χ2n) is 5.10. The van der Waals surface area contributed by atoms with E-state index in [1.807, 2.05) is 6.92 Å². The topological polar surface area (TPSA) is 26.2 Å². The van der Waals surface area contributed by atoms with Crippen LogP contribution in [-0.2, 0) is 24.9 Å². The number of rotatable bonds is 6. The molecule has 108 valence electrons. The fraction of sp³-hybridized carbons (Fsp3) is 0.412. The van der Waals surface area contributed by atoms with Crippen molar-refractivity contribution in [3.8, 4) is 0 Å². The molecule has 0 amide bonds. The molecular formula is C17H24N2O. The minimum Gasteiger partial charge on any atom is -0.381 e. The van der Waals surface area contributed by atoms with Crippen molar-refractivity contribution in [1.82, 2.24) is 4.57 Å². The van der Waals surface area contributed by atoms with Gasteiger partial charge in [-0.3, -0.25) is 0 Å². The lowest BCUT2D eigenvalue weighted by molar-refractivity contribution is 0.134. The van der Waals surface area contributed by atoms with Crippen LogP contribution >= 0.6 is 0 Å². The van der Waals surface area contributed by atoms with Gasteiger partial charge in [-0.15, -0.1) is 0 Å². The summed E-state index contributed by atoms with van der Waals surface area (Å²) in [6.45, 7) is 8.57. The molecule has 3 nitrogen and oxygen atoms in total. The molecule has 0 aliphatic heterocycles. The number of nitrogens with one attached hydrogen (secondary N) is 1. The van der Waals surface area contributed by atoms with E-state index in [9.17, 15) is 0 Å². The number of para-hydroxylation sites is 1. The van der Waals surface area contributed by atoms with E-state index < -0.39 is 0 Å². The summed E-state index contributed by atoms with van der Waals surface area (Å²) in [5, 5.41) is 3.53. The zero-order valence-corrected chi connectivity index (χ0v) is 12.9. The predicted octanol–water partition coefficient (Wildman–Crippen LogP) is 3.79. The van der Waals surface area contributed by atoms with Gasteiger partial charge in [-0.25, -0.2) is 0 Å². The Hall–Kier alpha value is -1.74. The molecule has 0 spiro atoms. The number of aromatic nitrogens is 1. The van der Waals surface area contributed by atoms with E-state index >= 15 is 0 Å². The molecule has 0 radical (unpaired) electrons. The maximum absolute atomic E-state index is 5.52. The molecule has 1 N–H and O–H groups in total. The number of hydrogen-bond acceptors (Lipinski definition) is 2. The third-order valence-electron chi connectivity index (χ3n) is 3.83. The first kappa shape index (κ1) is 14.7. The van der Waals surface area contributed by atoms with Crippen molar-refractivity contribution in [1.29, 1.82) is 0 Å². The Kier molecular flexibility index (Phi) is 4.85. The number of ether oxygens (including phenoxy) is 1. The molecule has 3 heteroatoms. The average molecular weight is 272 g/mol. The maximum atomic E-state index is 5.52. The Labute approximate surface area is 121 Å². The lowest BCUT2D eigenvalue weighted by atomic mass is 10.1. The summed E-state index contributed by atoms with van der Waals surface area (Å²) in [6.07, 6.45) is 0. The predicted molar refractivity (Wildman–Crippen MR) is 84.0 cm³/mol. The number of nitrogens with zero attached hydrogens (tertiary/aromatic N) is 1. The molecule has 1 heterocycles. The number of benzene rings is 1. The third-order valence-corrected chi connectivity index (χ3v) is 3.83. The summed E-state index contributed by atoms with van der Waals surface area (Å²) in [7, 11) is 2.11. The van der Waals surface area contributed by atoms with Gasteiger partial charge in [0.05, 0.1) is 6.61 Å². The fourth-order valence-electron chi connectivity index (χ4n) is 2.33. The van der Waals surface area contributed by atoms with Crippen LogP contribution in [0, 0.1) is 13.8 Å². The van der Waals surface area contributed by atoms with E-state index in [2.05, 4.69) is 61.1 Å². The summed E-state index contributed by atoms with van der Waals surface area (Å²) < 4.78 is 7.74. The van der Waals surface area contributed by atoms with E-state index in [0.717, 1.165) is 18.8 Å². The highest BCUT2D eigenvalue weighted by Crippen LogP contribution is 2.19. The summed E-state index contributed by atoms with van der Waals surface area (Å²) in [4.78, 5) is 0. The van der Waals surface area contributed by atoms with Crippen LogP contribution in [-0.4, -0.2) is 11.2 Å². The van der Waals surface area contributed by atoms with Crippen LogP contribution < -0.4 is 5.32 Å². The maximum Gasteiger partial charge on any atom is 0.0736 e. The molecule has 1 aromatic heterocycles. The van der Waals surface area contributed by atoms with E-state index in [-0.39, 0.29) is 0 Å². The van der Waals surface area contributed by atoms with E-state index in [4.69, 9.17) is 4.74 Å². The molecule has 0 bridgehead atoms. The molecule has 0 fully saturated rings. The smallest absolute Gasteiger partial charge is 0.0736 e. The largest absolute Gasteiger partial charge is 0.381 e. The van der Waals surface area contributed by atoms with Gasteiger partial charge in [-0.05, 0) is 38.5 Å². The van der Waals surface area contributed by atoms with Crippen molar-refractivity contribution in [3.05, 3.63) is 52.8 Å². The summed E-state index contributed by atoms with van der Waals surface area (Å²) in [6, 6.07) is 10.6. The average Bonchev–Trinajstić information content (AvgIpc) is 2.71. The van der Waals surface area contributed by atoms with Crippen molar-refractivity contribution in [2.45, 2.75) is 33.9 Å². The van der Waals surface area contributed by atoms with Crippen LogP contribution in [0.15, 0.2) is 30.3 Å². The quantitative estimate of drug-likeness (QED) is 0.866. The second-order valence-corrected chi connectivity index (χ2v) is 5.10. The molecule has 0 saturated heterocycles. The van der Waals surface area contributed by atoms with Crippen LogP contribution in [0.1, 0.15) is 29.4 Å². The highest BCUT2D eigenvalue weighted by atomic mass is 16.5. The van der Waals surface area contributed by atoms with Crippen molar-refractivity contribution >= 4 is 5.69 Å². The highest BCUT2D eigenvalue weighted by molar-refractivity contribution is 5.51. The minimum atomic E-state index is 0.659. The van der Waals surface area contributed by atoms with E-state index in [1.165, 1.54) is 22.5 Å². The number of anilines is 1. The van der Waals surface area contributed by atoms with E-state index in [0.29, 0.717) is 6.61 Å². The van der Waals surface area contributed by atoms with Crippen LogP contribution in [0.25, 0.3) is 0 Å². The van der Waals surface area contributed by atoms with Gasteiger partial charge in [-0.1, -0.05) is 18.2 Å². The molecule has 20 heavy (non-hydrogen) atoms. The first-order valence-electron chi connectivity index (χ1n) is 7.14. The van der Waals surface area contributed by atoms with Gasteiger partial charge in [0.15, 0.2) is 0 Å². The normalized spacial score (nSPS) is 10.8. The molecule has 0 unspecified atom stereocenters. The molecule has 0 saturated carbocycles. The van der Waals surface area contributed by atoms with Gasteiger partial charge in [0.25, 0.3) is 0 Å². The Morgan fingerprint density at radius 3 is 2.55 bits per heavy atom. The summed E-state index contributed by atoms with van der Waals surface area (Å²) in [5.74, 6) is 0. The van der Waals surface area contributed by atoms with Crippen LogP contribution in [0.2, 0.25) is 0 Å². The molecule has 0 aliphatic carbocycles. The zero-order chi connectivity index (χ0) is 14.5. The van der Waals surface area contributed by atoms with Gasteiger partial charge in [0.2, 0.25) is 0 Å². The Bertz CT molecular complexity index is 572. The number of aryl methyl sites for hydroxylation is 1. The van der Waals surface area contributed by atoms with Crippen molar-refractivity contribution in [3.63, 3.8) is 0 Å². The SMILES string of the molecule is CCOCc1ccccc1NCc1cc(C)n(C)c1C. The van der Waals surface area contributed by atoms with Crippen molar-refractivity contribution in [2.24, 2.45) is 7.05 Å². The van der Waals surface area contributed by atoms with Crippen LogP contribution in [0.5, 0.6) is 0 Å². The molecule has 2 rings (SSSR count). The van der Waals surface area contributed by atoms with Crippen LogP contribution in [0.3, 0.4) is 0 Å². The highest BCUT2D eigenvalue weighted by Gasteiger charge is 2.07. The van der Waals surface area contributed by atoms with Crippen LogP contribution in [0.4, 0.5) is 5.69 Å². The zero-order valence-electron chi connectivity index (χ0n) is 12.9. The van der Waals surface area contributed by atoms with Gasteiger partial charge >= 0.3 is 0 Å². The molecular weight excluding hydrogens is 248 g/mol. The van der Waals surface area contributed by atoms with Crippen molar-refractivity contribution < 1.29 is 4.74 Å². The third kappa shape index (κ3) is 3.23. The Morgan fingerprint density at radius 2 is 1.90 bits per heavy atom. The lowest BCUT2D eigenvalue weighted by Gasteiger charge is -2.12. The lowest BCUT2D eigenvalue weighted by Crippen LogP contribution is -2.04. The molecule has 2 aromatic rings. The molecule has 0 atom stereocenters. The minimum absolute atomic E-state index is 0.659. The number of hydrogen-bond donors (Lipinski definition) is 1. The summed E-state index contributed by atoms with van der Waals surface area (Å²) >= 11 is 0. The Balaban J connectivity index is 2.08. The Morgan fingerprint density at radius 1 is 1.15 bits per heavy atom. The first-order chi connectivity index (χ1) is 9.63. The standard InChI is InChI=1S/C17H24N2O/c1-5-20-12-15-8-6-7-9-17(15)18-11-16-10-13(2)19(4)14(16)3/h6-10,18H,5,11-12H2,1-4H3. The van der Waals surface area contributed by atoms with Gasteiger partial charge in [0, 0.05) is 42.8 Å². The fourth-order valence-corrected chi connectivity index (χ4v) is 2.33. The van der Waals surface area contributed by atoms with Gasteiger partial charge in [0.1, 0.15) is 0 Å². The van der Waals surface area contributed by atoms with Gasteiger partial charge in [-0.2, -0.15) is 0 Å².